The molecule has 0 saturated carbocycles. The van der Waals surface area contributed by atoms with E-state index in [4.69, 9.17) is 19.4 Å². The van der Waals surface area contributed by atoms with Gasteiger partial charge in [0.25, 0.3) is 0 Å². The zero-order valence-corrected chi connectivity index (χ0v) is 19.2. The predicted molar refractivity (Wildman–Crippen MR) is 120 cm³/mol. The van der Waals surface area contributed by atoms with E-state index in [-0.39, 0.29) is 5.60 Å². The first kappa shape index (κ1) is 24.2. The number of carboxylic acid groups (broad SMARTS) is 1. The van der Waals surface area contributed by atoms with E-state index >= 15 is 0 Å². The summed E-state index contributed by atoms with van der Waals surface area (Å²) in [6.45, 7) is 4.44. The average molecular weight is 496 g/mol. The third kappa shape index (κ3) is 5.43. The van der Waals surface area contributed by atoms with Crippen LogP contribution >= 0.6 is 11.3 Å². The fourth-order valence-electron chi connectivity index (χ4n) is 4.20. The fraction of sp³-hybridized carbons (Fsp3) is 0.391. The maximum absolute atomic E-state index is 10.6. The van der Waals surface area contributed by atoms with E-state index in [0.717, 1.165) is 44.2 Å². The Bertz CT molecular complexity index is 1120. The van der Waals surface area contributed by atoms with E-state index in [1.165, 1.54) is 16.8 Å². The molecule has 0 aliphatic carbocycles. The van der Waals surface area contributed by atoms with Crippen molar-refractivity contribution >= 4 is 17.3 Å². The average Bonchev–Trinajstić information content (AvgIpc) is 3.55. The van der Waals surface area contributed by atoms with Crippen LogP contribution in [0, 0.1) is 0 Å². The van der Waals surface area contributed by atoms with Gasteiger partial charge in [-0.2, -0.15) is 24.5 Å². The Morgan fingerprint density at radius 2 is 2.00 bits per heavy atom. The number of carbonyl (C=O) groups is 1. The number of halogens is 3. The molecule has 1 saturated heterocycles. The number of hydrogen-bond acceptors (Lipinski definition) is 6. The molecule has 1 aromatic carbocycles. The second-order valence-corrected chi connectivity index (χ2v) is 9.02. The Morgan fingerprint density at radius 3 is 2.62 bits per heavy atom. The van der Waals surface area contributed by atoms with Crippen LogP contribution in [-0.4, -0.2) is 57.5 Å². The molecule has 0 bridgehead atoms. The molecule has 1 N–H and O–H groups in total. The summed E-state index contributed by atoms with van der Waals surface area (Å²) in [5, 5.41) is 11.4. The van der Waals surface area contributed by atoms with Crippen LogP contribution < -0.4 is 4.74 Å². The van der Waals surface area contributed by atoms with Crippen molar-refractivity contribution in [3.05, 3.63) is 58.7 Å². The molecular formula is C23H24F3N3O4S. The van der Waals surface area contributed by atoms with Crippen LogP contribution in [0.3, 0.4) is 0 Å². The highest BCUT2D eigenvalue weighted by molar-refractivity contribution is 7.08. The molecule has 1 atom stereocenters. The minimum Gasteiger partial charge on any atom is -0.497 e. The van der Waals surface area contributed by atoms with Crippen LogP contribution in [0.5, 0.6) is 5.75 Å². The summed E-state index contributed by atoms with van der Waals surface area (Å²) in [4.78, 5) is 16.0. The first-order valence-electron chi connectivity index (χ1n) is 10.6. The van der Waals surface area contributed by atoms with Crippen molar-refractivity contribution in [3.63, 3.8) is 0 Å². The zero-order chi connectivity index (χ0) is 24.3. The van der Waals surface area contributed by atoms with Gasteiger partial charge in [0.2, 0.25) is 0 Å². The lowest BCUT2D eigenvalue weighted by Gasteiger charge is -2.35. The van der Waals surface area contributed by atoms with Crippen molar-refractivity contribution in [2.24, 2.45) is 0 Å². The van der Waals surface area contributed by atoms with Crippen LogP contribution in [0.4, 0.5) is 13.2 Å². The number of benzene rings is 1. The van der Waals surface area contributed by atoms with Crippen LogP contribution in [0.1, 0.15) is 17.8 Å². The molecule has 4 heterocycles. The highest BCUT2D eigenvalue weighted by atomic mass is 32.1. The molecule has 2 aromatic heterocycles. The molecule has 11 heteroatoms. The number of likely N-dealkylation sites (tertiary alicyclic amines) is 1. The summed E-state index contributed by atoms with van der Waals surface area (Å²) >= 11 is 1.73. The van der Waals surface area contributed by atoms with Gasteiger partial charge in [-0.25, -0.2) is 9.78 Å². The van der Waals surface area contributed by atoms with Gasteiger partial charge >= 0.3 is 12.1 Å². The molecule has 0 amide bonds. The van der Waals surface area contributed by atoms with Crippen LogP contribution in [-0.2, 0) is 29.2 Å². The number of aliphatic carboxylic acids is 1. The van der Waals surface area contributed by atoms with Crippen molar-refractivity contribution in [3.8, 4) is 17.0 Å². The summed E-state index contributed by atoms with van der Waals surface area (Å²) in [6, 6.07) is 10.5. The van der Waals surface area contributed by atoms with Gasteiger partial charge in [0, 0.05) is 30.6 Å². The first-order chi connectivity index (χ1) is 16.2. The molecule has 7 nitrogen and oxygen atoms in total. The minimum absolute atomic E-state index is 0.106. The van der Waals surface area contributed by atoms with Crippen LogP contribution in [0.25, 0.3) is 11.3 Å². The van der Waals surface area contributed by atoms with Crippen molar-refractivity contribution in [1.82, 2.24) is 14.5 Å². The number of carboxylic acids is 1. The summed E-state index contributed by atoms with van der Waals surface area (Å²) in [6.07, 6.45) is -2.03. The standard InChI is InChI=1S/C21H23N3O2S.C2HF3O2/c1-25-18-4-2-16(3-5-18)11-23-8-7-21(14-23)15-24-19(17-6-9-27-13-17)10-22-20(24)12-26-21;3-2(4,5)1(6)7/h2-6,9-10,13H,7-8,11-12,14-15H2,1H3;(H,6,7). The maximum Gasteiger partial charge on any atom is 0.490 e. The van der Waals surface area contributed by atoms with Crippen molar-refractivity contribution < 1.29 is 32.5 Å². The highest BCUT2D eigenvalue weighted by Crippen LogP contribution is 2.36. The van der Waals surface area contributed by atoms with Crippen molar-refractivity contribution in [2.45, 2.75) is 37.9 Å². The minimum atomic E-state index is -5.08. The van der Waals surface area contributed by atoms with Crippen LogP contribution in [0.2, 0.25) is 0 Å². The molecule has 5 rings (SSSR count). The lowest BCUT2D eigenvalue weighted by atomic mass is 10.0. The predicted octanol–water partition coefficient (Wildman–Crippen LogP) is 4.43. The van der Waals surface area contributed by atoms with E-state index in [2.05, 4.69) is 43.4 Å². The van der Waals surface area contributed by atoms with Gasteiger partial charge in [-0.1, -0.05) is 12.1 Å². The van der Waals surface area contributed by atoms with E-state index in [9.17, 15) is 13.2 Å². The Morgan fingerprint density at radius 1 is 1.26 bits per heavy atom. The molecule has 2 aliphatic heterocycles. The van der Waals surface area contributed by atoms with Gasteiger partial charge in [0.05, 0.1) is 25.5 Å². The first-order valence-corrected chi connectivity index (χ1v) is 11.5. The number of aromatic nitrogens is 2. The molecule has 0 radical (unpaired) electrons. The second-order valence-electron chi connectivity index (χ2n) is 8.24. The molecule has 1 unspecified atom stereocenters. The smallest absolute Gasteiger partial charge is 0.490 e. The Labute approximate surface area is 198 Å². The monoisotopic (exact) mass is 495 g/mol. The number of nitrogens with zero attached hydrogens (tertiary/aromatic N) is 3. The highest BCUT2D eigenvalue weighted by Gasteiger charge is 2.43. The quantitative estimate of drug-likeness (QED) is 0.577. The van der Waals surface area contributed by atoms with Crippen molar-refractivity contribution in [1.29, 1.82) is 0 Å². The zero-order valence-electron chi connectivity index (χ0n) is 18.4. The van der Waals surface area contributed by atoms with Crippen LogP contribution in [0.15, 0.2) is 47.3 Å². The summed E-state index contributed by atoms with van der Waals surface area (Å²) in [7, 11) is 1.70. The van der Waals surface area contributed by atoms with Gasteiger partial charge in [0.1, 0.15) is 23.8 Å². The lowest BCUT2D eigenvalue weighted by molar-refractivity contribution is -0.192. The van der Waals surface area contributed by atoms with E-state index in [1.807, 2.05) is 18.3 Å². The van der Waals surface area contributed by atoms with E-state index in [0.29, 0.717) is 6.61 Å². The number of hydrogen-bond donors (Lipinski definition) is 1. The van der Waals surface area contributed by atoms with Gasteiger partial charge in [0.15, 0.2) is 0 Å². The maximum atomic E-state index is 10.6. The van der Waals surface area contributed by atoms with Gasteiger partial charge in [-0.15, -0.1) is 0 Å². The fourth-order valence-corrected chi connectivity index (χ4v) is 4.85. The van der Waals surface area contributed by atoms with E-state index in [1.54, 1.807) is 18.4 Å². The van der Waals surface area contributed by atoms with Crippen molar-refractivity contribution in [2.75, 3.05) is 20.2 Å². The van der Waals surface area contributed by atoms with E-state index < -0.39 is 12.1 Å². The Kier molecular flexibility index (Phi) is 6.96. The molecular weight excluding hydrogens is 471 g/mol. The van der Waals surface area contributed by atoms with Gasteiger partial charge in [-0.3, -0.25) is 4.90 Å². The third-order valence-electron chi connectivity index (χ3n) is 5.91. The number of thiophene rings is 1. The number of fused-ring (bicyclic) bond motifs is 1. The number of methoxy groups -OCH3 is 1. The topological polar surface area (TPSA) is 76.8 Å². The van der Waals surface area contributed by atoms with Gasteiger partial charge < -0.3 is 19.1 Å². The molecule has 182 valence electrons. The van der Waals surface area contributed by atoms with Gasteiger partial charge in [-0.05, 0) is 35.6 Å². The molecule has 1 spiro atoms. The Balaban J connectivity index is 0.000000344. The third-order valence-corrected chi connectivity index (χ3v) is 6.60. The lowest BCUT2D eigenvalue weighted by Crippen LogP contribution is -2.44. The Hall–Kier alpha value is -2.89. The SMILES string of the molecule is COc1ccc(CN2CCC3(C2)Cn2c(-c4ccsc4)cnc2CO3)cc1.O=C(O)C(F)(F)F. The summed E-state index contributed by atoms with van der Waals surface area (Å²) in [5.74, 6) is -0.816. The molecule has 34 heavy (non-hydrogen) atoms. The molecule has 3 aromatic rings. The molecule has 2 aliphatic rings. The largest absolute Gasteiger partial charge is 0.497 e. The number of imidazole rings is 1. The number of alkyl halides is 3. The number of ether oxygens (including phenoxy) is 2. The summed E-state index contributed by atoms with van der Waals surface area (Å²) in [5.41, 5.74) is 3.67. The summed E-state index contributed by atoms with van der Waals surface area (Å²) < 4.78 is 45.7. The second kappa shape index (κ2) is 9.77. The normalized spacial score (nSPS) is 20.0. The number of rotatable bonds is 4. The molecule has 1 fully saturated rings.